The number of hydrogen-bond donors (Lipinski definition) is 1. The van der Waals surface area contributed by atoms with Crippen LogP contribution in [-0.4, -0.2) is 24.8 Å². The molecule has 0 saturated carbocycles. The number of nitrogens with one attached hydrogen (secondary N) is 1. The lowest BCUT2D eigenvalue weighted by Gasteiger charge is -2.24. The highest BCUT2D eigenvalue weighted by Gasteiger charge is 2.14. The van der Waals surface area contributed by atoms with Gasteiger partial charge in [-0.2, -0.15) is 0 Å². The van der Waals surface area contributed by atoms with Gasteiger partial charge in [0.25, 0.3) is 0 Å². The summed E-state index contributed by atoms with van der Waals surface area (Å²) in [5.41, 5.74) is 0.0305. The summed E-state index contributed by atoms with van der Waals surface area (Å²) in [6.07, 6.45) is 1.06. The number of ether oxygens (including phenoxy) is 1. The Morgan fingerprint density at radius 1 is 1.21 bits per heavy atom. The minimum atomic E-state index is 0.0305. The van der Waals surface area contributed by atoms with Crippen molar-refractivity contribution in [1.82, 2.24) is 5.32 Å². The summed E-state index contributed by atoms with van der Waals surface area (Å²) in [5.74, 6) is 0.689. The molecule has 1 unspecified atom stereocenters. The van der Waals surface area contributed by atoms with Crippen LogP contribution in [0.15, 0.2) is 0 Å². The van der Waals surface area contributed by atoms with Crippen molar-refractivity contribution >= 4 is 0 Å². The van der Waals surface area contributed by atoms with Gasteiger partial charge in [0.2, 0.25) is 0 Å². The molecule has 0 bridgehead atoms. The van der Waals surface area contributed by atoms with E-state index in [2.05, 4.69) is 46.9 Å². The number of rotatable bonds is 7. The molecular formula is C12H27NO. The Balaban J connectivity index is 3.47. The van der Waals surface area contributed by atoms with E-state index in [1.165, 1.54) is 0 Å². The summed E-state index contributed by atoms with van der Waals surface area (Å²) in [6, 6.07) is 0.573. The van der Waals surface area contributed by atoms with Gasteiger partial charge in [0, 0.05) is 12.6 Å². The SMILES string of the molecule is CCC(C)(C)OCCNC(C)C(C)C. The second-order valence-electron chi connectivity index (χ2n) is 4.95. The molecular weight excluding hydrogens is 174 g/mol. The lowest BCUT2D eigenvalue weighted by atomic mass is 10.1. The summed E-state index contributed by atoms with van der Waals surface area (Å²) in [4.78, 5) is 0. The van der Waals surface area contributed by atoms with Crippen LogP contribution in [0.4, 0.5) is 0 Å². The quantitative estimate of drug-likeness (QED) is 0.640. The van der Waals surface area contributed by atoms with Gasteiger partial charge in [-0.25, -0.2) is 0 Å². The van der Waals surface area contributed by atoms with E-state index in [0.29, 0.717) is 12.0 Å². The van der Waals surface area contributed by atoms with E-state index in [4.69, 9.17) is 4.74 Å². The van der Waals surface area contributed by atoms with E-state index < -0.39 is 0 Å². The third-order valence-corrected chi connectivity index (χ3v) is 2.91. The van der Waals surface area contributed by atoms with E-state index >= 15 is 0 Å². The zero-order chi connectivity index (χ0) is 11.2. The van der Waals surface area contributed by atoms with Crippen molar-refractivity contribution in [2.45, 2.75) is 59.6 Å². The predicted molar refractivity (Wildman–Crippen MR) is 62.6 cm³/mol. The summed E-state index contributed by atoms with van der Waals surface area (Å²) in [7, 11) is 0. The van der Waals surface area contributed by atoms with Gasteiger partial charge in [-0.3, -0.25) is 0 Å². The van der Waals surface area contributed by atoms with E-state index in [-0.39, 0.29) is 5.60 Å². The third-order valence-electron chi connectivity index (χ3n) is 2.91. The highest BCUT2D eigenvalue weighted by molar-refractivity contribution is 4.67. The molecule has 0 aromatic rings. The minimum absolute atomic E-state index is 0.0305. The Morgan fingerprint density at radius 3 is 2.21 bits per heavy atom. The van der Waals surface area contributed by atoms with Crippen LogP contribution in [0.1, 0.15) is 48.0 Å². The molecule has 0 rings (SSSR count). The summed E-state index contributed by atoms with van der Waals surface area (Å²) in [5, 5.41) is 3.45. The Hall–Kier alpha value is -0.0800. The molecule has 2 heteroatoms. The van der Waals surface area contributed by atoms with Crippen molar-refractivity contribution in [2.75, 3.05) is 13.2 Å². The van der Waals surface area contributed by atoms with Crippen molar-refractivity contribution in [2.24, 2.45) is 5.92 Å². The minimum Gasteiger partial charge on any atom is -0.374 e. The Labute approximate surface area is 89.4 Å². The average Bonchev–Trinajstić information content (AvgIpc) is 2.12. The first-order chi connectivity index (χ1) is 6.39. The van der Waals surface area contributed by atoms with Gasteiger partial charge >= 0.3 is 0 Å². The molecule has 86 valence electrons. The zero-order valence-corrected chi connectivity index (χ0v) is 10.7. The molecule has 1 N–H and O–H groups in total. The normalized spacial score (nSPS) is 14.8. The Kier molecular flexibility index (Phi) is 6.38. The first kappa shape index (κ1) is 13.9. The number of hydrogen-bond acceptors (Lipinski definition) is 2. The standard InChI is InChI=1S/C12H27NO/c1-7-12(5,6)14-9-8-13-11(4)10(2)3/h10-11,13H,7-9H2,1-6H3. The lowest BCUT2D eigenvalue weighted by molar-refractivity contribution is -0.0189. The van der Waals surface area contributed by atoms with Crippen molar-refractivity contribution < 1.29 is 4.74 Å². The van der Waals surface area contributed by atoms with E-state index in [9.17, 15) is 0 Å². The van der Waals surface area contributed by atoms with Gasteiger partial charge in [-0.1, -0.05) is 20.8 Å². The largest absolute Gasteiger partial charge is 0.374 e. The Morgan fingerprint density at radius 2 is 1.79 bits per heavy atom. The maximum absolute atomic E-state index is 5.75. The zero-order valence-electron chi connectivity index (χ0n) is 10.7. The monoisotopic (exact) mass is 201 g/mol. The van der Waals surface area contributed by atoms with E-state index in [1.54, 1.807) is 0 Å². The Bertz CT molecular complexity index is 143. The molecule has 0 aromatic heterocycles. The van der Waals surface area contributed by atoms with Gasteiger partial charge in [0.05, 0.1) is 12.2 Å². The fourth-order valence-corrected chi connectivity index (χ4v) is 0.952. The topological polar surface area (TPSA) is 21.3 Å². The van der Waals surface area contributed by atoms with Crippen LogP contribution in [0, 0.1) is 5.92 Å². The molecule has 0 saturated heterocycles. The van der Waals surface area contributed by atoms with Gasteiger partial charge in [-0.05, 0) is 33.1 Å². The van der Waals surface area contributed by atoms with Crippen molar-refractivity contribution in [3.63, 3.8) is 0 Å². The molecule has 0 radical (unpaired) electrons. The van der Waals surface area contributed by atoms with E-state index in [0.717, 1.165) is 19.6 Å². The van der Waals surface area contributed by atoms with Gasteiger partial charge in [0.1, 0.15) is 0 Å². The fraction of sp³-hybridized carbons (Fsp3) is 1.00. The second-order valence-corrected chi connectivity index (χ2v) is 4.95. The second kappa shape index (κ2) is 6.41. The summed E-state index contributed by atoms with van der Waals surface area (Å²) in [6.45, 7) is 14.9. The van der Waals surface area contributed by atoms with E-state index in [1.807, 2.05) is 0 Å². The molecule has 0 spiro atoms. The highest BCUT2D eigenvalue weighted by atomic mass is 16.5. The molecule has 2 nitrogen and oxygen atoms in total. The van der Waals surface area contributed by atoms with Crippen molar-refractivity contribution in [3.8, 4) is 0 Å². The van der Waals surface area contributed by atoms with Gasteiger partial charge in [0.15, 0.2) is 0 Å². The predicted octanol–water partition coefficient (Wildman–Crippen LogP) is 2.83. The van der Waals surface area contributed by atoms with Crippen LogP contribution in [0.25, 0.3) is 0 Å². The summed E-state index contributed by atoms with van der Waals surface area (Å²) < 4.78 is 5.75. The first-order valence-corrected chi connectivity index (χ1v) is 5.76. The van der Waals surface area contributed by atoms with Gasteiger partial charge < -0.3 is 10.1 Å². The average molecular weight is 201 g/mol. The first-order valence-electron chi connectivity index (χ1n) is 5.76. The smallest absolute Gasteiger partial charge is 0.0624 e. The summed E-state index contributed by atoms with van der Waals surface area (Å²) >= 11 is 0. The fourth-order valence-electron chi connectivity index (χ4n) is 0.952. The molecule has 0 amide bonds. The van der Waals surface area contributed by atoms with Crippen molar-refractivity contribution in [1.29, 1.82) is 0 Å². The highest BCUT2D eigenvalue weighted by Crippen LogP contribution is 2.12. The molecule has 0 aromatic carbocycles. The maximum atomic E-state index is 5.75. The molecule has 0 aliphatic heterocycles. The van der Waals surface area contributed by atoms with Crippen molar-refractivity contribution in [3.05, 3.63) is 0 Å². The molecule has 1 atom stereocenters. The molecule has 0 heterocycles. The molecule has 0 aliphatic rings. The molecule has 0 fully saturated rings. The van der Waals surface area contributed by atoms with Crippen LogP contribution in [0.2, 0.25) is 0 Å². The van der Waals surface area contributed by atoms with Crippen LogP contribution in [0.3, 0.4) is 0 Å². The maximum Gasteiger partial charge on any atom is 0.0624 e. The van der Waals surface area contributed by atoms with Crippen LogP contribution in [-0.2, 0) is 4.74 Å². The molecule has 14 heavy (non-hydrogen) atoms. The molecule has 0 aliphatic carbocycles. The van der Waals surface area contributed by atoms with Gasteiger partial charge in [-0.15, -0.1) is 0 Å². The van der Waals surface area contributed by atoms with Crippen LogP contribution in [0.5, 0.6) is 0 Å². The third kappa shape index (κ3) is 6.39. The van der Waals surface area contributed by atoms with Crippen LogP contribution >= 0.6 is 0 Å². The van der Waals surface area contributed by atoms with Crippen LogP contribution < -0.4 is 5.32 Å². The lowest BCUT2D eigenvalue weighted by Crippen LogP contribution is -2.35.